The molecule has 1 fully saturated rings. The molecule has 1 unspecified atom stereocenters. The van der Waals surface area contributed by atoms with Crippen LogP contribution in [0.25, 0.3) is 11.4 Å². The zero-order valence-electron chi connectivity index (χ0n) is 16.9. The van der Waals surface area contributed by atoms with Crippen molar-refractivity contribution in [2.45, 2.75) is 25.4 Å². The van der Waals surface area contributed by atoms with Crippen LogP contribution >= 0.6 is 0 Å². The molecule has 0 aliphatic carbocycles. The Labute approximate surface area is 170 Å². The van der Waals surface area contributed by atoms with Crippen LogP contribution in [0.1, 0.15) is 30.3 Å². The number of nitrogens with zero attached hydrogens (tertiary/aromatic N) is 3. The second-order valence-electron chi connectivity index (χ2n) is 6.98. The molecule has 0 N–H and O–H groups in total. The van der Waals surface area contributed by atoms with Gasteiger partial charge in [0.15, 0.2) is 0 Å². The molecular formula is C22H25N3O4. The molecule has 2 aromatic carbocycles. The summed E-state index contributed by atoms with van der Waals surface area (Å²) in [6.45, 7) is 1.61. The minimum atomic E-state index is 0.340. The van der Waals surface area contributed by atoms with Crippen molar-refractivity contribution in [3.63, 3.8) is 0 Å². The summed E-state index contributed by atoms with van der Waals surface area (Å²) in [5, 5.41) is 4.16. The monoisotopic (exact) mass is 395 g/mol. The van der Waals surface area contributed by atoms with E-state index >= 15 is 0 Å². The van der Waals surface area contributed by atoms with Gasteiger partial charge in [-0.25, -0.2) is 0 Å². The van der Waals surface area contributed by atoms with E-state index in [0.29, 0.717) is 35.8 Å². The van der Waals surface area contributed by atoms with Crippen LogP contribution in [0.15, 0.2) is 47.0 Å². The Kier molecular flexibility index (Phi) is 5.67. The Morgan fingerprint density at radius 1 is 1.00 bits per heavy atom. The first-order valence-corrected chi connectivity index (χ1v) is 9.65. The van der Waals surface area contributed by atoms with Gasteiger partial charge in [0.2, 0.25) is 11.7 Å². The Hall–Kier alpha value is -3.06. The predicted molar refractivity (Wildman–Crippen MR) is 108 cm³/mol. The second-order valence-corrected chi connectivity index (χ2v) is 6.98. The van der Waals surface area contributed by atoms with Gasteiger partial charge in [0, 0.05) is 12.1 Å². The highest BCUT2D eigenvalue weighted by atomic mass is 16.5. The lowest BCUT2D eigenvalue weighted by atomic mass is 10.0. The van der Waals surface area contributed by atoms with Crippen molar-refractivity contribution in [2.75, 3.05) is 27.9 Å². The molecule has 7 heteroatoms. The molecule has 3 aromatic rings. The summed E-state index contributed by atoms with van der Waals surface area (Å²) in [6, 6.07) is 14.2. The highest BCUT2D eigenvalue weighted by Gasteiger charge is 2.28. The van der Waals surface area contributed by atoms with E-state index in [4.69, 9.17) is 18.7 Å². The Morgan fingerprint density at radius 2 is 1.76 bits per heavy atom. The number of rotatable bonds is 7. The van der Waals surface area contributed by atoms with Crippen LogP contribution in [0.5, 0.6) is 17.2 Å². The zero-order valence-corrected chi connectivity index (χ0v) is 16.9. The Balaban J connectivity index is 1.51. The molecule has 1 aromatic heterocycles. The van der Waals surface area contributed by atoms with Crippen LogP contribution in [-0.4, -0.2) is 42.9 Å². The van der Waals surface area contributed by atoms with Gasteiger partial charge in [0.05, 0.1) is 33.4 Å². The summed E-state index contributed by atoms with van der Waals surface area (Å²) in [5.41, 5.74) is 2.05. The molecule has 0 radical (unpaired) electrons. The average Bonchev–Trinajstić information content (AvgIpc) is 3.43. The quantitative estimate of drug-likeness (QED) is 0.596. The minimum Gasteiger partial charge on any atom is -0.497 e. The van der Waals surface area contributed by atoms with E-state index in [-0.39, 0.29) is 0 Å². The van der Waals surface area contributed by atoms with Gasteiger partial charge in [0.25, 0.3) is 0 Å². The van der Waals surface area contributed by atoms with Gasteiger partial charge in [-0.3, -0.25) is 4.90 Å². The van der Waals surface area contributed by atoms with Crippen molar-refractivity contribution >= 4 is 0 Å². The fourth-order valence-corrected chi connectivity index (χ4v) is 3.80. The summed E-state index contributed by atoms with van der Waals surface area (Å²) >= 11 is 0. The number of ether oxygens (including phenoxy) is 3. The maximum atomic E-state index is 5.55. The summed E-state index contributed by atoms with van der Waals surface area (Å²) in [6.07, 6.45) is 2.25. The van der Waals surface area contributed by atoms with Crippen LogP contribution in [-0.2, 0) is 6.54 Å². The van der Waals surface area contributed by atoms with Crippen LogP contribution in [0.2, 0.25) is 0 Å². The first kappa shape index (κ1) is 19.3. The number of aromatic nitrogens is 2. The molecule has 0 saturated carbocycles. The second kappa shape index (κ2) is 8.53. The number of likely N-dealkylation sites (tertiary alicyclic amines) is 1. The van der Waals surface area contributed by atoms with Gasteiger partial charge in [-0.2, -0.15) is 4.98 Å². The number of hydrogen-bond acceptors (Lipinski definition) is 7. The molecule has 4 rings (SSSR count). The normalized spacial score (nSPS) is 16.7. The highest BCUT2D eigenvalue weighted by Crippen LogP contribution is 2.35. The van der Waals surface area contributed by atoms with E-state index in [0.717, 1.165) is 30.7 Å². The van der Waals surface area contributed by atoms with Crippen LogP contribution < -0.4 is 14.2 Å². The van der Waals surface area contributed by atoms with Crippen molar-refractivity contribution in [3.8, 4) is 28.6 Å². The summed E-state index contributed by atoms with van der Waals surface area (Å²) in [4.78, 5) is 6.98. The van der Waals surface area contributed by atoms with E-state index in [1.54, 1.807) is 21.3 Å². The van der Waals surface area contributed by atoms with Crippen molar-refractivity contribution in [1.29, 1.82) is 0 Å². The number of methoxy groups -OCH3 is 3. The first-order valence-electron chi connectivity index (χ1n) is 9.65. The smallest absolute Gasteiger partial charge is 0.241 e. The third-order valence-corrected chi connectivity index (χ3v) is 5.32. The number of benzene rings is 2. The highest BCUT2D eigenvalue weighted by molar-refractivity contribution is 5.65. The molecule has 29 heavy (non-hydrogen) atoms. The summed E-state index contributed by atoms with van der Waals surface area (Å²) in [5.74, 6) is 3.34. The van der Waals surface area contributed by atoms with Crippen LogP contribution in [0.4, 0.5) is 0 Å². The lowest BCUT2D eigenvalue weighted by molar-refractivity contribution is 0.212. The van der Waals surface area contributed by atoms with Gasteiger partial charge < -0.3 is 18.7 Å². The molecule has 1 aliphatic rings. The fraction of sp³-hybridized carbons (Fsp3) is 0.364. The summed E-state index contributed by atoms with van der Waals surface area (Å²) < 4.78 is 21.5. The molecule has 1 aliphatic heterocycles. The topological polar surface area (TPSA) is 69.9 Å². The van der Waals surface area contributed by atoms with Gasteiger partial charge in [0.1, 0.15) is 17.2 Å². The SMILES string of the molecule is COc1ccc(C2CCCN2Cc2nc(-c3ccc(OC)cc3OC)no2)cc1. The minimum absolute atomic E-state index is 0.340. The van der Waals surface area contributed by atoms with Crippen LogP contribution in [0.3, 0.4) is 0 Å². The van der Waals surface area contributed by atoms with E-state index < -0.39 is 0 Å². The van der Waals surface area contributed by atoms with E-state index in [2.05, 4.69) is 27.2 Å². The zero-order chi connectivity index (χ0) is 20.2. The van der Waals surface area contributed by atoms with E-state index in [1.807, 2.05) is 30.3 Å². The molecule has 152 valence electrons. The first-order chi connectivity index (χ1) is 14.2. The molecule has 0 bridgehead atoms. The molecule has 7 nitrogen and oxygen atoms in total. The third kappa shape index (κ3) is 4.05. The maximum absolute atomic E-state index is 5.55. The van der Waals surface area contributed by atoms with Gasteiger partial charge >= 0.3 is 0 Å². The average molecular weight is 395 g/mol. The lowest BCUT2D eigenvalue weighted by Crippen LogP contribution is -2.22. The maximum Gasteiger partial charge on any atom is 0.241 e. The standard InChI is InChI=1S/C22H25N3O4/c1-26-16-8-6-15(7-9-16)19-5-4-12-25(19)14-21-23-22(24-29-21)18-11-10-17(27-2)13-20(18)28-3/h6-11,13,19H,4-5,12,14H2,1-3H3. The molecule has 1 atom stereocenters. The van der Waals surface area contributed by atoms with E-state index in [9.17, 15) is 0 Å². The van der Waals surface area contributed by atoms with E-state index in [1.165, 1.54) is 5.56 Å². The van der Waals surface area contributed by atoms with Crippen molar-refractivity contribution < 1.29 is 18.7 Å². The van der Waals surface area contributed by atoms with Gasteiger partial charge in [-0.15, -0.1) is 0 Å². The molecule has 0 spiro atoms. The largest absolute Gasteiger partial charge is 0.497 e. The number of hydrogen-bond donors (Lipinski definition) is 0. The summed E-state index contributed by atoms with van der Waals surface area (Å²) in [7, 11) is 4.92. The van der Waals surface area contributed by atoms with Gasteiger partial charge in [-0.05, 0) is 49.2 Å². The third-order valence-electron chi connectivity index (χ3n) is 5.32. The van der Waals surface area contributed by atoms with Crippen molar-refractivity contribution in [1.82, 2.24) is 15.0 Å². The fourth-order valence-electron chi connectivity index (χ4n) is 3.80. The Bertz CT molecular complexity index is 955. The molecule has 1 saturated heterocycles. The molecular weight excluding hydrogens is 370 g/mol. The predicted octanol–water partition coefficient (Wildman–Crippen LogP) is 4.10. The van der Waals surface area contributed by atoms with Crippen molar-refractivity contribution in [3.05, 3.63) is 53.9 Å². The van der Waals surface area contributed by atoms with Gasteiger partial charge in [-0.1, -0.05) is 17.3 Å². The lowest BCUT2D eigenvalue weighted by Gasteiger charge is -2.23. The Morgan fingerprint density at radius 3 is 2.48 bits per heavy atom. The molecule has 0 amide bonds. The van der Waals surface area contributed by atoms with Crippen molar-refractivity contribution in [2.24, 2.45) is 0 Å². The van der Waals surface area contributed by atoms with Crippen LogP contribution in [0, 0.1) is 0 Å². The molecule has 2 heterocycles.